The van der Waals surface area contributed by atoms with Crippen molar-refractivity contribution in [2.45, 2.75) is 0 Å². The minimum Gasteiger partial charge on any atom is -0.453 e. The molecule has 0 saturated carbocycles. The van der Waals surface area contributed by atoms with Crippen LogP contribution in [0.5, 0.6) is 0 Å². The lowest BCUT2D eigenvalue weighted by Crippen LogP contribution is -2.10. The first-order valence-corrected chi connectivity index (χ1v) is 20.6. The molecule has 0 amide bonds. The average Bonchev–Trinajstić information content (AvgIpc) is 3.96. The second-order valence-corrected chi connectivity index (χ2v) is 16.5. The Morgan fingerprint density at radius 3 is 1.71 bits per heavy atom. The summed E-state index contributed by atoms with van der Waals surface area (Å²) in [5.41, 5.74) is 9.72. The quantitative estimate of drug-likeness (QED) is 0.174. The van der Waals surface area contributed by atoms with Crippen molar-refractivity contribution in [1.82, 2.24) is 0 Å². The molecule has 3 heterocycles. The molecule has 56 heavy (non-hydrogen) atoms. The predicted octanol–water partition coefficient (Wildman–Crippen LogP) is 16.3. The van der Waals surface area contributed by atoms with Gasteiger partial charge in [-0.3, -0.25) is 0 Å². The molecular formula is C52H31NOS2. The van der Waals surface area contributed by atoms with Gasteiger partial charge in [-0.05, 0) is 64.4 Å². The highest BCUT2D eigenvalue weighted by molar-refractivity contribution is 7.26. The molecule has 2 nitrogen and oxygen atoms in total. The van der Waals surface area contributed by atoms with Gasteiger partial charge in [-0.25, -0.2) is 0 Å². The van der Waals surface area contributed by atoms with E-state index in [1.807, 2.05) is 22.7 Å². The number of nitrogens with zero attached hydrogens (tertiary/aromatic N) is 1. The summed E-state index contributed by atoms with van der Waals surface area (Å²) in [5, 5.41) is 9.72. The lowest BCUT2D eigenvalue weighted by molar-refractivity contribution is 0.670. The first-order chi connectivity index (χ1) is 27.8. The Balaban J connectivity index is 1.15. The van der Waals surface area contributed by atoms with E-state index in [9.17, 15) is 0 Å². The Bertz CT molecular complexity index is 3480. The molecule has 0 atom stereocenters. The van der Waals surface area contributed by atoms with Gasteiger partial charge in [0.15, 0.2) is 5.58 Å². The van der Waals surface area contributed by atoms with Crippen LogP contribution in [0.2, 0.25) is 0 Å². The van der Waals surface area contributed by atoms with Crippen LogP contribution < -0.4 is 4.90 Å². The zero-order valence-electron chi connectivity index (χ0n) is 30.1. The monoisotopic (exact) mass is 749 g/mol. The Kier molecular flexibility index (Phi) is 7.00. The molecule has 0 spiro atoms. The van der Waals surface area contributed by atoms with E-state index >= 15 is 0 Å². The molecule has 0 N–H and O–H groups in total. The standard InChI is InChI=1S/C52H31NOS2/c1-2-13-32(14-3-1)33-27-29-35(30-28-33)53(45-24-12-21-41-38-18-7-9-26-47(38)56-52(41)45)44-23-11-19-39-43-31-34-15-4-5-16-36(34)48(50(43)54-49(39)44)42-22-10-20-40-37-17-6-8-25-46(37)55-51(40)42/h1-31H. The molecule has 3 aromatic heterocycles. The van der Waals surface area contributed by atoms with Crippen molar-refractivity contribution in [2.24, 2.45) is 0 Å². The highest BCUT2D eigenvalue weighted by Gasteiger charge is 2.25. The first-order valence-electron chi connectivity index (χ1n) is 18.9. The second-order valence-electron chi connectivity index (χ2n) is 14.4. The summed E-state index contributed by atoms with van der Waals surface area (Å²) >= 11 is 3.71. The molecule has 12 aromatic rings. The largest absolute Gasteiger partial charge is 0.453 e. The Morgan fingerprint density at radius 1 is 0.375 bits per heavy atom. The first kappa shape index (κ1) is 31.6. The normalized spacial score (nSPS) is 11.9. The van der Waals surface area contributed by atoms with Crippen LogP contribution in [0.15, 0.2) is 192 Å². The van der Waals surface area contributed by atoms with Crippen LogP contribution in [-0.2, 0) is 0 Å². The molecule has 12 rings (SSSR count). The molecule has 0 saturated heterocycles. The lowest BCUT2D eigenvalue weighted by atomic mass is 9.94. The topological polar surface area (TPSA) is 16.4 Å². The van der Waals surface area contributed by atoms with Gasteiger partial charge in [0.05, 0.1) is 16.1 Å². The number of anilines is 3. The van der Waals surface area contributed by atoms with E-state index in [0.29, 0.717) is 0 Å². The SMILES string of the molecule is c1ccc(-c2ccc(N(c3cccc4c3oc3c(-c5cccc6c5sc5ccccc56)c5ccccc5cc34)c3cccc4c3sc3ccccc34)cc2)cc1. The maximum absolute atomic E-state index is 7.35. The summed E-state index contributed by atoms with van der Waals surface area (Å²) in [6.07, 6.45) is 0. The van der Waals surface area contributed by atoms with Gasteiger partial charge in [-0.2, -0.15) is 0 Å². The minimum atomic E-state index is 0.868. The highest BCUT2D eigenvalue weighted by atomic mass is 32.1. The third-order valence-corrected chi connectivity index (χ3v) is 13.7. The van der Waals surface area contributed by atoms with Crippen LogP contribution in [0.3, 0.4) is 0 Å². The summed E-state index contributed by atoms with van der Waals surface area (Å²) in [6.45, 7) is 0. The zero-order chi connectivity index (χ0) is 36.7. The van der Waals surface area contributed by atoms with E-state index in [2.05, 4.69) is 193 Å². The summed E-state index contributed by atoms with van der Waals surface area (Å²) in [5.74, 6) is 0. The fourth-order valence-corrected chi connectivity index (χ4v) is 11.1. The zero-order valence-corrected chi connectivity index (χ0v) is 31.7. The number of para-hydroxylation sites is 1. The van der Waals surface area contributed by atoms with E-state index < -0.39 is 0 Å². The smallest absolute Gasteiger partial charge is 0.159 e. The van der Waals surface area contributed by atoms with Gasteiger partial charge in [-0.1, -0.05) is 146 Å². The Hall–Kier alpha value is -6.72. The van der Waals surface area contributed by atoms with E-state index in [4.69, 9.17) is 4.42 Å². The molecule has 0 bridgehead atoms. The molecule has 0 aliphatic rings. The Labute approximate surface area is 330 Å². The van der Waals surface area contributed by atoms with E-state index in [1.165, 1.54) is 67.8 Å². The number of thiophene rings is 2. The van der Waals surface area contributed by atoms with Gasteiger partial charge in [0, 0.05) is 63.2 Å². The third kappa shape index (κ3) is 4.73. The molecule has 4 heteroatoms. The van der Waals surface area contributed by atoms with Crippen molar-refractivity contribution in [3.8, 4) is 22.3 Å². The van der Waals surface area contributed by atoms with Crippen LogP contribution in [-0.4, -0.2) is 0 Å². The van der Waals surface area contributed by atoms with Crippen molar-refractivity contribution in [3.05, 3.63) is 188 Å². The van der Waals surface area contributed by atoms with E-state index in [0.717, 1.165) is 44.6 Å². The van der Waals surface area contributed by atoms with Crippen LogP contribution in [0.4, 0.5) is 17.1 Å². The number of furan rings is 1. The second kappa shape index (κ2) is 12.4. The van der Waals surface area contributed by atoms with E-state index in [-0.39, 0.29) is 0 Å². The number of rotatable bonds is 5. The maximum atomic E-state index is 7.35. The molecular weight excluding hydrogens is 719 g/mol. The molecule has 0 aliphatic heterocycles. The van der Waals surface area contributed by atoms with Gasteiger partial charge in [0.1, 0.15) is 5.58 Å². The van der Waals surface area contributed by atoms with Crippen molar-refractivity contribution < 1.29 is 4.42 Å². The van der Waals surface area contributed by atoms with Crippen LogP contribution in [0, 0.1) is 0 Å². The van der Waals surface area contributed by atoms with Crippen molar-refractivity contribution >= 4 is 113 Å². The number of fused-ring (bicyclic) bond motifs is 10. The number of hydrogen-bond donors (Lipinski definition) is 0. The molecule has 0 fully saturated rings. The highest BCUT2D eigenvalue weighted by Crippen LogP contribution is 2.51. The number of hydrogen-bond acceptors (Lipinski definition) is 4. The maximum Gasteiger partial charge on any atom is 0.159 e. The molecule has 9 aromatic carbocycles. The van der Waals surface area contributed by atoms with E-state index in [1.54, 1.807) is 0 Å². The predicted molar refractivity (Wildman–Crippen MR) is 243 cm³/mol. The Morgan fingerprint density at radius 2 is 0.946 bits per heavy atom. The minimum absolute atomic E-state index is 0.868. The van der Waals surface area contributed by atoms with Crippen LogP contribution >= 0.6 is 22.7 Å². The van der Waals surface area contributed by atoms with Gasteiger partial charge in [0.25, 0.3) is 0 Å². The van der Waals surface area contributed by atoms with Gasteiger partial charge >= 0.3 is 0 Å². The fourth-order valence-electron chi connectivity index (χ4n) is 8.72. The van der Waals surface area contributed by atoms with Crippen molar-refractivity contribution in [3.63, 3.8) is 0 Å². The van der Waals surface area contributed by atoms with Crippen molar-refractivity contribution in [1.29, 1.82) is 0 Å². The summed E-state index contributed by atoms with van der Waals surface area (Å²) in [4.78, 5) is 2.41. The summed E-state index contributed by atoms with van der Waals surface area (Å²) in [6, 6.07) is 68.2. The van der Waals surface area contributed by atoms with Crippen LogP contribution in [0.1, 0.15) is 0 Å². The summed E-state index contributed by atoms with van der Waals surface area (Å²) in [7, 11) is 0. The average molecular weight is 750 g/mol. The van der Waals surface area contributed by atoms with Gasteiger partial charge in [-0.15, -0.1) is 22.7 Å². The molecule has 0 radical (unpaired) electrons. The number of benzene rings is 9. The van der Waals surface area contributed by atoms with Crippen LogP contribution in [0.25, 0.3) is 95.3 Å². The molecule has 0 aliphatic carbocycles. The lowest BCUT2D eigenvalue weighted by Gasteiger charge is -2.26. The van der Waals surface area contributed by atoms with Gasteiger partial charge < -0.3 is 9.32 Å². The van der Waals surface area contributed by atoms with Crippen molar-refractivity contribution in [2.75, 3.05) is 4.90 Å². The van der Waals surface area contributed by atoms with Gasteiger partial charge in [0.2, 0.25) is 0 Å². The summed E-state index contributed by atoms with van der Waals surface area (Å²) < 4.78 is 12.5. The third-order valence-electron chi connectivity index (χ3n) is 11.3. The molecule has 262 valence electrons. The fraction of sp³-hybridized carbons (Fsp3) is 0. The molecule has 0 unspecified atom stereocenters.